The Bertz CT molecular complexity index is 921. The minimum atomic E-state index is -0.185. The van der Waals surface area contributed by atoms with Crippen LogP contribution in [-0.2, 0) is 5.88 Å². The van der Waals surface area contributed by atoms with Gasteiger partial charge in [0, 0.05) is 6.07 Å². The summed E-state index contributed by atoms with van der Waals surface area (Å²) >= 11 is 6.02. The lowest BCUT2D eigenvalue weighted by Gasteiger charge is -2.15. The van der Waals surface area contributed by atoms with Crippen molar-refractivity contribution in [1.29, 1.82) is 0 Å². The van der Waals surface area contributed by atoms with Crippen LogP contribution in [0.2, 0.25) is 0 Å². The Kier molecular flexibility index (Phi) is 4.21. The zero-order valence-corrected chi connectivity index (χ0v) is 13.5. The van der Waals surface area contributed by atoms with Gasteiger partial charge in [0.05, 0.1) is 36.7 Å². The van der Waals surface area contributed by atoms with Crippen molar-refractivity contribution in [1.82, 2.24) is 9.55 Å². The molecule has 118 valence electrons. The average molecular weight is 331 g/mol. The van der Waals surface area contributed by atoms with Crippen molar-refractivity contribution >= 4 is 22.5 Å². The quantitative estimate of drug-likeness (QED) is 0.690. The maximum atomic E-state index is 12.9. The molecule has 0 amide bonds. The van der Waals surface area contributed by atoms with E-state index in [2.05, 4.69) is 4.98 Å². The van der Waals surface area contributed by atoms with E-state index in [1.807, 2.05) is 6.07 Å². The Morgan fingerprint density at radius 2 is 1.91 bits per heavy atom. The lowest BCUT2D eigenvalue weighted by atomic mass is 10.2. The Hall–Kier alpha value is -2.53. The average Bonchev–Trinajstić information content (AvgIpc) is 2.61. The van der Waals surface area contributed by atoms with Crippen LogP contribution in [0.15, 0.2) is 47.3 Å². The van der Waals surface area contributed by atoms with Gasteiger partial charge >= 0.3 is 0 Å². The molecule has 0 fully saturated rings. The Morgan fingerprint density at radius 1 is 1.13 bits per heavy atom. The SMILES string of the molecule is COc1ccc(-n2c(CCl)nc3ccccc3c2=O)c(OC)c1. The summed E-state index contributed by atoms with van der Waals surface area (Å²) in [6.07, 6.45) is 0. The molecule has 3 aromatic rings. The van der Waals surface area contributed by atoms with Gasteiger partial charge in [0.1, 0.15) is 17.3 Å². The Balaban J connectivity index is 2.35. The lowest BCUT2D eigenvalue weighted by Crippen LogP contribution is -2.23. The molecule has 0 saturated heterocycles. The topological polar surface area (TPSA) is 53.4 Å². The van der Waals surface area contributed by atoms with Crippen LogP contribution in [0.5, 0.6) is 11.5 Å². The molecule has 0 spiro atoms. The minimum Gasteiger partial charge on any atom is -0.497 e. The van der Waals surface area contributed by atoms with E-state index >= 15 is 0 Å². The fourth-order valence-corrected chi connectivity index (χ4v) is 2.67. The zero-order valence-electron chi connectivity index (χ0n) is 12.7. The highest BCUT2D eigenvalue weighted by Crippen LogP contribution is 2.28. The second-order valence-electron chi connectivity index (χ2n) is 4.86. The smallest absolute Gasteiger partial charge is 0.266 e. The van der Waals surface area contributed by atoms with Crippen molar-refractivity contribution in [2.24, 2.45) is 0 Å². The molecule has 1 heterocycles. The van der Waals surface area contributed by atoms with Gasteiger partial charge in [-0.15, -0.1) is 11.6 Å². The number of rotatable bonds is 4. The van der Waals surface area contributed by atoms with Crippen molar-refractivity contribution in [2.45, 2.75) is 5.88 Å². The van der Waals surface area contributed by atoms with Crippen LogP contribution >= 0.6 is 11.6 Å². The fourth-order valence-electron chi connectivity index (χ4n) is 2.49. The molecule has 6 heteroatoms. The summed E-state index contributed by atoms with van der Waals surface area (Å²) in [6, 6.07) is 12.4. The molecule has 0 atom stereocenters. The number of nitrogens with zero attached hydrogens (tertiary/aromatic N) is 2. The Labute approximate surface area is 138 Å². The standard InChI is InChI=1S/C17H15ClN2O3/c1-22-11-7-8-14(15(9-11)23-2)20-16(10-18)19-13-6-4-3-5-12(13)17(20)21/h3-9H,10H2,1-2H3. The van der Waals surface area contributed by atoms with Crippen LogP contribution in [-0.4, -0.2) is 23.8 Å². The maximum Gasteiger partial charge on any atom is 0.266 e. The van der Waals surface area contributed by atoms with Crippen molar-refractivity contribution in [3.63, 3.8) is 0 Å². The molecule has 0 bridgehead atoms. The van der Waals surface area contributed by atoms with Crippen LogP contribution in [0.4, 0.5) is 0 Å². The summed E-state index contributed by atoms with van der Waals surface area (Å²) in [5.74, 6) is 1.71. The summed E-state index contributed by atoms with van der Waals surface area (Å²) in [5.41, 5.74) is 1.01. The molecule has 0 N–H and O–H groups in total. The molecular formula is C17H15ClN2O3. The summed E-state index contributed by atoms with van der Waals surface area (Å²) in [6.45, 7) is 0. The first-order valence-electron chi connectivity index (χ1n) is 6.98. The highest BCUT2D eigenvalue weighted by Gasteiger charge is 2.15. The van der Waals surface area contributed by atoms with Gasteiger partial charge in [-0.25, -0.2) is 4.98 Å². The molecule has 0 unspecified atom stereocenters. The van der Waals surface area contributed by atoms with Gasteiger partial charge in [-0.05, 0) is 24.3 Å². The molecular weight excluding hydrogens is 316 g/mol. The zero-order chi connectivity index (χ0) is 16.4. The van der Waals surface area contributed by atoms with E-state index in [1.54, 1.807) is 43.5 Å². The van der Waals surface area contributed by atoms with E-state index in [9.17, 15) is 4.79 Å². The predicted molar refractivity (Wildman–Crippen MR) is 90.0 cm³/mol. The van der Waals surface area contributed by atoms with Crippen LogP contribution in [0, 0.1) is 0 Å². The first-order valence-corrected chi connectivity index (χ1v) is 7.52. The molecule has 0 aliphatic rings. The van der Waals surface area contributed by atoms with E-state index in [0.29, 0.717) is 33.9 Å². The summed E-state index contributed by atoms with van der Waals surface area (Å²) < 4.78 is 12.1. The first-order chi connectivity index (χ1) is 11.2. The lowest BCUT2D eigenvalue weighted by molar-refractivity contribution is 0.393. The van der Waals surface area contributed by atoms with Crippen molar-refractivity contribution in [2.75, 3.05) is 14.2 Å². The predicted octanol–water partition coefficient (Wildman–Crippen LogP) is 3.14. The summed E-state index contributed by atoms with van der Waals surface area (Å²) in [5, 5.41) is 0.527. The van der Waals surface area contributed by atoms with Gasteiger partial charge in [-0.3, -0.25) is 9.36 Å². The number of hydrogen-bond acceptors (Lipinski definition) is 4. The molecule has 0 saturated carbocycles. The van der Waals surface area contributed by atoms with Crippen molar-refractivity contribution in [3.8, 4) is 17.2 Å². The summed E-state index contributed by atoms with van der Waals surface area (Å²) in [7, 11) is 3.11. The molecule has 0 aliphatic heterocycles. The number of benzene rings is 2. The number of methoxy groups -OCH3 is 2. The third-order valence-electron chi connectivity index (χ3n) is 3.59. The minimum absolute atomic E-state index is 0.106. The number of hydrogen-bond donors (Lipinski definition) is 0. The first kappa shape index (κ1) is 15.4. The largest absolute Gasteiger partial charge is 0.497 e. The van der Waals surface area contributed by atoms with Crippen molar-refractivity contribution < 1.29 is 9.47 Å². The van der Waals surface area contributed by atoms with Gasteiger partial charge in [-0.1, -0.05) is 12.1 Å². The van der Waals surface area contributed by atoms with Gasteiger partial charge in [0.15, 0.2) is 0 Å². The van der Waals surface area contributed by atoms with Gasteiger partial charge < -0.3 is 9.47 Å². The van der Waals surface area contributed by atoms with Gasteiger partial charge in [-0.2, -0.15) is 0 Å². The van der Waals surface area contributed by atoms with E-state index in [-0.39, 0.29) is 11.4 Å². The van der Waals surface area contributed by atoms with Crippen LogP contribution in [0.1, 0.15) is 5.82 Å². The molecule has 5 nitrogen and oxygen atoms in total. The van der Waals surface area contributed by atoms with Crippen LogP contribution in [0.3, 0.4) is 0 Å². The van der Waals surface area contributed by atoms with Gasteiger partial charge in [0.25, 0.3) is 5.56 Å². The number of fused-ring (bicyclic) bond motifs is 1. The number of alkyl halides is 1. The number of para-hydroxylation sites is 1. The van der Waals surface area contributed by atoms with E-state index in [4.69, 9.17) is 21.1 Å². The monoisotopic (exact) mass is 330 g/mol. The fraction of sp³-hybridized carbons (Fsp3) is 0.176. The third kappa shape index (κ3) is 2.64. The van der Waals surface area contributed by atoms with Crippen LogP contribution in [0.25, 0.3) is 16.6 Å². The molecule has 0 radical (unpaired) electrons. The summed E-state index contributed by atoms with van der Waals surface area (Å²) in [4.78, 5) is 17.4. The van der Waals surface area contributed by atoms with E-state index in [1.165, 1.54) is 11.7 Å². The molecule has 3 rings (SSSR count). The second kappa shape index (κ2) is 6.30. The highest BCUT2D eigenvalue weighted by atomic mass is 35.5. The normalized spacial score (nSPS) is 10.7. The highest BCUT2D eigenvalue weighted by molar-refractivity contribution is 6.16. The second-order valence-corrected chi connectivity index (χ2v) is 5.12. The van der Waals surface area contributed by atoms with Gasteiger partial charge in [0.2, 0.25) is 0 Å². The molecule has 0 aliphatic carbocycles. The number of halogens is 1. The molecule has 23 heavy (non-hydrogen) atoms. The number of aromatic nitrogens is 2. The number of ether oxygens (including phenoxy) is 2. The van der Waals surface area contributed by atoms with Crippen molar-refractivity contribution in [3.05, 3.63) is 58.6 Å². The van der Waals surface area contributed by atoms with E-state index < -0.39 is 0 Å². The third-order valence-corrected chi connectivity index (χ3v) is 3.83. The molecule has 1 aromatic heterocycles. The Morgan fingerprint density at radius 3 is 2.61 bits per heavy atom. The van der Waals surface area contributed by atoms with Crippen LogP contribution < -0.4 is 15.0 Å². The van der Waals surface area contributed by atoms with E-state index in [0.717, 1.165) is 0 Å². The molecule has 2 aromatic carbocycles. The maximum absolute atomic E-state index is 12.9.